The lowest BCUT2D eigenvalue weighted by molar-refractivity contribution is -0.148. The van der Waals surface area contributed by atoms with Crippen LogP contribution in [0.2, 0.25) is 0 Å². The topological polar surface area (TPSA) is 145 Å². The SMILES string of the molecule is CCC1C(=O)OCc2c1cc1n(c2=O)Cc2c-1nc1cc(F)c(C)c3c1c2[C@H](NC(=O)C(C)(C)C(=O)NN)CC3. The van der Waals surface area contributed by atoms with Crippen LogP contribution in [0.25, 0.3) is 22.3 Å². The van der Waals surface area contributed by atoms with Crippen LogP contribution < -0.4 is 22.1 Å². The number of ether oxygens (including phenoxy) is 1. The van der Waals surface area contributed by atoms with E-state index in [0.29, 0.717) is 52.9 Å². The van der Waals surface area contributed by atoms with E-state index in [1.165, 1.54) is 19.9 Å². The fourth-order valence-corrected chi connectivity index (χ4v) is 6.34. The number of amides is 2. The molecule has 3 aromatic rings. The molecule has 0 bridgehead atoms. The number of benzene rings is 1. The third-order valence-electron chi connectivity index (χ3n) is 8.77. The van der Waals surface area contributed by atoms with Crippen LogP contribution in [0.15, 0.2) is 16.9 Å². The van der Waals surface area contributed by atoms with E-state index in [1.807, 2.05) is 18.4 Å². The lowest BCUT2D eigenvalue weighted by atomic mass is 9.81. The summed E-state index contributed by atoms with van der Waals surface area (Å²) >= 11 is 0. The Kier molecular flexibility index (Phi) is 5.85. The first kappa shape index (κ1) is 26.1. The van der Waals surface area contributed by atoms with Crippen LogP contribution >= 0.6 is 0 Å². The molecule has 4 heterocycles. The third-order valence-corrected chi connectivity index (χ3v) is 8.77. The summed E-state index contributed by atoms with van der Waals surface area (Å²) in [5.74, 6) is 2.88. The zero-order chi connectivity index (χ0) is 28.7. The normalized spacial score (nSPS) is 19.0. The number of pyridine rings is 2. The molecule has 40 heavy (non-hydrogen) atoms. The van der Waals surface area contributed by atoms with E-state index in [-0.39, 0.29) is 30.5 Å². The molecule has 0 fully saturated rings. The van der Waals surface area contributed by atoms with E-state index in [1.54, 1.807) is 11.5 Å². The van der Waals surface area contributed by atoms with Crippen LogP contribution in [0.1, 0.15) is 79.0 Å². The van der Waals surface area contributed by atoms with Gasteiger partial charge in [-0.25, -0.2) is 15.2 Å². The number of hydrogen-bond donors (Lipinski definition) is 3. The van der Waals surface area contributed by atoms with Gasteiger partial charge in [0.15, 0.2) is 0 Å². The average molecular weight is 548 g/mol. The largest absolute Gasteiger partial charge is 0.460 e. The molecule has 2 aliphatic heterocycles. The van der Waals surface area contributed by atoms with Crippen molar-refractivity contribution in [3.05, 3.63) is 61.7 Å². The van der Waals surface area contributed by atoms with Crippen molar-refractivity contribution >= 4 is 28.7 Å². The van der Waals surface area contributed by atoms with Crippen LogP contribution in [0.5, 0.6) is 0 Å². The molecule has 2 aromatic heterocycles. The van der Waals surface area contributed by atoms with E-state index < -0.39 is 29.2 Å². The van der Waals surface area contributed by atoms with Gasteiger partial charge in [0.2, 0.25) is 11.8 Å². The van der Waals surface area contributed by atoms with Gasteiger partial charge in [-0.1, -0.05) is 6.92 Å². The van der Waals surface area contributed by atoms with Crippen molar-refractivity contribution in [3.8, 4) is 11.4 Å². The van der Waals surface area contributed by atoms with E-state index in [4.69, 9.17) is 15.6 Å². The number of cyclic esters (lactones) is 1. The van der Waals surface area contributed by atoms with Crippen LogP contribution in [0.3, 0.4) is 0 Å². The molecule has 208 valence electrons. The first-order valence-corrected chi connectivity index (χ1v) is 13.4. The number of halogens is 1. The first-order chi connectivity index (χ1) is 19.0. The molecule has 1 aromatic carbocycles. The van der Waals surface area contributed by atoms with Crippen LogP contribution in [-0.4, -0.2) is 27.3 Å². The number of nitrogens with two attached hydrogens (primary N) is 1. The third kappa shape index (κ3) is 3.53. The highest BCUT2D eigenvalue weighted by atomic mass is 19.1. The van der Waals surface area contributed by atoms with Crippen molar-refractivity contribution in [3.63, 3.8) is 0 Å². The molecule has 2 amide bonds. The minimum atomic E-state index is -1.44. The first-order valence-electron chi connectivity index (χ1n) is 13.4. The minimum absolute atomic E-state index is 0.0894. The average Bonchev–Trinajstić information content (AvgIpc) is 3.30. The summed E-state index contributed by atoms with van der Waals surface area (Å²) in [5, 5.41) is 3.78. The summed E-state index contributed by atoms with van der Waals surface area (Å²) in [7, 11) is 0. The number of hydrazine groups is 1. The van der Waals surface area contributed by atoms with E-state index in [0.717, 1.165) is 22.1 Å². The van der Waals surface area contributed by atoms with Crippen molar-refractivity contribution in [1.29, 1.82) is 0 Å². The molecular weight excluding hydrogens is 517 g/mol. The maximum atomic E-state index is 15.0. The number of esters is 1. The number of carbonyl (C=O) groups excluding carboxylic acids is 3. The quantitative estimate of drug-likeness (QED) is 0.117. The van der Waals surface area contributed by atoms with Gasteiger partial charge in [-0.15, -0.1) is 0 Å². The van der Waals surface area contributed by atoms with Crippen molar-refractivity contribution in [2.45, 2.75) is 72.1 Å². The van der Waals surface area contributed by atoms with E-state index in [2.05, 4.69) is 5.32 Å². The second-order valence-electron chi connectivity index (χ2n) is 11.3. The minimum Gasteiger partial charge on any atom is -0.460 e. The van der Waals surface area contributed by atoms with Crippen LogP contribution in [-0.2, 0) is 38.7 Å². The smallest absolute Gasteiger partial charge is 0.313 e. The molecule has 4 N–H and O–H groups in total. The molecular formula is C29H30FN5O5. The number of rotatable bonds is 4. The summed E-state index contributed by atoms with van der Waals surface area (Å²) < 4.78 is 22.0. The van der Waals surface area contributed by atoms with Gasteiger partial charge >= 0.3 is 5.97 Å². The number of aromatic nitrogens is 2. The highest BCUT2D eigenvalue weighted by Crippen LogP contribution is 2.45. The predicted molar refractivity (Wildman–Crippen MR) is 143 cm³/mol. The van der Waals surface area contributed by atoms with Gasteiger partial charge in [0.05, 0.1) is 41.0 Å². The van der Waals surface area contributed by atoms with Gasteiger partial charge in [0.1, 0.15) is 17.8 Å². The molecule has 2 atom stereocenters. The maximum absolute atomic E-state index is 15.0. The zero-order valence-electron chi connectivity index (χ0n) is 22.7. The molecule has 10 nitrogen and oxygen atoms in total. The second-order valence-corrected chi connectivity index (χ2v) is 11.3. The molecule has 1 aliphatic carbocycles. The molecule has 11 heteroatoms. The number of hydrogen-bond acceptors (Lipinski definition) is 7. The number of aryl methyl sites for hydroxylation is 1. The molecule has 3 aliphatic rings. The second kappa shape index (κ2) is 8.95. The van der Waals surface area contributed by atoms with E-state index >= 15 is 4.39 Å². The summed E-state index contributed by atoms with van der Waals surface area (Å²) in [6.07, 6.45) is 1.45. The highest BCUT2D eigenvalue weighted by molar-refractivity contribution is 6.04. The fraction of sp³-hybridized carbons (Fsp3) is 0.414. The maximum Gasteiger partial charge on any atom is 0.313 e. The van der Waals surface area contributed by atoms with Crippen molar-refractivity contribution in [2.24, 2.45) is 11.3 Å². The highest BCUT2D eigenvalue weighted by Gasteiger charge is 2.41. The van der Waals surface area contributed by atoms with Gasteiger partial charge in [0.25, 0.3) is 5.56 Å². The van der Waals surface area contributed by atoms with Crippen LogP contribution in [0, 0.1) is 18.2 Å². The summed E-state index contributed by atoms with van der Waals surface area (Å²) in [4.78, 5) is 56.7. The zero-order valence-corrected chi connectivity index (χ0v) is 22.7. The Bertz CT molecular complexity index is 1730. The Labute approximate surface area is 229 Å². The summed E-state index contributed by atoms with van der Waals surface area (Å²) in [5.41, 5.74) is 5.78. The predicted octanol–water partition coefficient (Wildman–Crippen LogP) is 2.54. The lowest BCUT2D eigenvalue weighted by Gasteiger charge is -2.32. The Balaban J connectivity index is 1.58. The Morgan fingerprint density at radius 1 is 1.20 bits per heavy atom. The molecule has 0 saturated heterocycles. The fourth-order valence-electron chi connectivity index (χ4n) is 6.34. The Morgan fingerprint density at radius 2 is 1.95 bits per heavy atom. The summed E-state index contributed by atoms with van der Waals surface area (Å²) in [6, 6.07) is 2.71. The molecule has 0 saturated carbocycles. The van der Waals surface area contributed by atoms with E-state index in [9.17, 15) is 19.2 Å². The van der Waals surface area contributed by atoms with Gasteiger partial charge in [-0.05, 0) is 68.4 Å². The van der Waals surface area contributed by atoms with Gasteiger partial charge in [-0.3, -0.25) is 24.6 Å². The number of carbonyl (C=O) groups is 3. The monoisotopic (exact) mass is 547 g/mol. The van der Waals surface area contributed by atoms with Crippen molar-refractivity contribution in [2.75, 3.05) is 0 Å². The standard InChI is InChI=1S/C29H30FN5O5/c1-5-13-15-8-21-24-16(10-35(21)25(36)17(15)11-40-26(13)37)23-19(33-27(38)29(3,4)28(39)34-31)7-6-14-12(2)18(30)9-20(32-24)22(14)23/h8-9,13,19H,5-7,10-11,31H2,1-4H3,(H,33,38)(H,34,39)/t13?,19-/m1/s1. The van der Waals surface area contributed by atoms with Crippen molar-refractivity contribution in [1.82, 2.24) is 20.3 Å². The van der Waals surface area contributed by atoms with Crippen molar-refractivity contribution < 1.29 is 23.5 Å². The molecule has 0 spiro atoms. The van der Waals surface area contributed by atoms with Gasteiger partial charge < -0.3 is 14.6 Å². The lowest BCUT2D eigenvalue weighted by Crippen LogP contribution is -2.50. The van der Waals surface area contributed by atoms with Gasteiger partial charge in [-0.2, -0.15) is 0 Å². The number of fused-ring (bicyclic) bond motifs is 5. The molecule has 0 radical (unpaired) electrons. The van der Waals surface area contributed by atoms with Gasteiger partial charge in [0, 0.05) is 17.0 Å². The Morgan fingerprint density at radius 3 is 2.65 bits per heavy atom. The molecule has 6 rings (SSSR count). The number of nitrogens with zero attached hydrogens (tertiary/aromatic N) is 2. The Hall–Kier alpha value is -4.12. The summed E-state index contributed by atoms with van der Waals surface area (Å²) in [6.45, 7) is 6.68. The molecule has 1 unspecified atom stereocenters. The van der Waals surface area contributed by atoms with Crippen LogP contribution in [0.4, 0.5) is 4.39 Å². The number of nitrogens with one attached hydrogen (secondary N) is 2.